The van der Waals surface area contributed by atoms with Crippen molar-refractivity contribution in [2.45, 2.75) is 25.9 Å². The predicted molar refractivity (Wildman–Crippen MR) is 158 cm³/mol. The Morgan fingerprint density at radius 3 is 2.28 bits per heavy atom. The monoisotopic (exact) mass is 635 g/mol. The number of sulfonamides is 1. The molecule has 0 heterocycles. The van der Waals surface area contributed by atoms with Gasteiger partial charge in [-0.1, -0.05) is 70.0 Å². The minimum atomic E-state index is -3.95. The van der Waals surface area contributed by atoms with E-state index >= 15 is 0 Å². The molecule has 0 radical (unpaired) electrons. The van der Waals surface area contributed by atoms with Crippen LogP contribution >= 0.6 is 27.5 Å². The molecule has 0 spiro atoms. The summed E-state index contributed by atoms with van der Waals surface area (Å²) in [4.78, 5) is 28.8. The van der Waals surface area contributed by atoms with Crippen LogP contribution in [0.25, 0.3) is 0 Å². The number of carbonyl (C=O) groups is 2. The molecular weight excluding hydrogens is 606 g/mol. The molecule has 0 saturated heterocycles. The maximum atomic E-state index is 14.0. The molecule has 0 bridgehead atoms. The van der Waals surface area contributed by atoms with Gasteiger partial charge < -0.3 is 15.0 Å². The van der Waals surface area contributed by atoms with E-state index in [1.165, 1.54) is 24.1 Å². The zero-order chi connectivity index (χ0) is 28.6. The second-order valence-electron chi connectivity index (χ2n) is 8.83. The Morgan fingerprint density at radius 2 is 1.69 bits per heavy atom. The zero-order valence-corrected chi connectivity index (χ0v) is 25.1. The van der Waals surface area contributed by atoms with Crippen LogP contribution in [0.1, 0.15) is 18.1 Å². The van der Waals surface area contributed by atoms with E-state index in [1.807, 2.05) is 54.6 Å². The Hall–Kier alpha value is -3.08. The number of anilines is 1. The minimum absolute atomic E-state index is 0.0883. The molecule has 0 unspecified atom stereocenters. The first-order chi connectivity index (χ1) is 18.5. The maximum Gasteiger partial charge on any atom is 0.244 e. The lowest BCUT2D eigenvalue weighted by atomic mass is 10.0. The summed E-state index contributed by atoms with van der Waals surface area (Å²) in [7, 11) is -2.55. The third-order valence-corrected chi connectivity index (χ3v) is 7.87. The van der Waals surface area contributed by atoms with E-state index < -0.39 is 28.5 Å². The van der Waals surface area contributed by atoms with Gasteiger partial charge in [0.2, 0.25) is 21.8 Å². The van der Waals surface area contributed by atoms with Crippen LogP contribution in [0.15, 0.2) is 77.3 Å². The van der Waals surface area contributed by atoms with E-state index in [1.54, 1.807) is 13.0 Å². The van der Waals surface area contributed by atoms with Crippen molar-refractivity contribution in [1.82, 2.24) is 10.2 Å². The largest absolute Gasteiger partial charge is 0.495 e. The molecule has 8 nitrogen and oxygen atoms in total. The quantitative estimate of drug-likeness (QED) is 0.312. The van der Waals surface area contributed by atoms with Crippen LogP contribution in [0.4, 0.5) is 5.69 Å². The average Bonchev–Trinajstić information content (AvgIpc) is 2.90. The lowest BCUT2D eigenvalue weighted by molar-refractivity contribution is -0.140. The van der Waals surface area contributed by atoms with Crippen LogP contribution in [0.5, 0.6) is 5.75 Å². The van der Waals surface area contributed by atoms with Gasteiger partial charge in [-0.25, -0.2) is 8.42 Å². The second kappa shape index (κ2) is 13.8. The number of halogens is 2. The number of carbonyl (C=O) groups excluding carboxylic acids is 2. The van der Waals surface area contributed by atoms with Gasteiger partial charge in [0.05, 0.1) is 19.1 Å². The summed E-state index contributed by atoms with van der Waals surface area (Å²) < 4.78 is 33.0. The summed E-state index contributed by atoms with van der Waals surface area (Å²) in [6.07, 6.45) is 1.25. The lowest BCUT2D eigenvalue weighted by Gasteiger charge is -2.33. The van der Waals surface area contributed by atoms with Crippen molar-refractivity contribution in [1.29, 1.82) is 0 Å². The molecule has 0 saturated carbocycles. The molecule has 0 fully saturated rings. The number of likely N-dealkylation sites (N-methyl/N-ethyl adjacent to an activating group) is 1. The van der Waals surface area contributed by atoms with Gasteiger partial charge in [-0.2, -0.15) is 0 Å². The van der Waals surface area contributed by atoms with Crippen molar-refractivity contribution in [2.24, 2.45) is 0 Å². The predicted octanol–water partition coefficient (Wildman–Crippen LogP) is 4.65. The Balaban J connectivity index is 2.07. The van der Waals surface area contributed by atoms with Crippen molar-refractivity contribution >= 4 is 55.1 Å². The molecule has 0 aliphatic heterocycles. The second-order valence-corrected chi connectivity index (χ2v) is 12.1. The van der Waals surface area contributed by atoms with E-state index in [0.717, 1.165) is 26.2 Å². The number of hydrogen-bond donors (Lipinski definition) is 1. The number of rotatable bonds is 12. The number of nitrogens with zero attached hydrogens (tertiary/aromatic N) is 2. The van der Waals surface area contributed by atoms with Gasteiger partial charge in [0.1, 0.15) is 18.3 Å². The Morgan fingerprint density at radius 1 is 1.03 bits per heavy atom. The molecule has 3 aromatic carbocycles. The number of amides is 2. The SMILES string of the molecule is CCNC(=O)[C@H](Cc1ccccc1)N(Cc1ccc(Br)cc1)C(=O)CN(c1cc(Cl)ccc1OC)S(C)(=O)=O. The van der Waals surface area contributed by atoms with Gasteiger partial charge in [-0.15, -0.1) is 0 Å². The third kappa shape index (κ3) is 8.45. The minimum Gasteiger partial charge on any atom is -0.495 e. The van der Waals surface area contributed by atoms with E-state index in [4.69, 9.17) is 16.3 Å². The molecule has 208 valence electrons. The fourth-order valence-corrected chi connectivity index (χ4v) is 5.36. The number of nitrogens with one attached hydrogen (secondary N) is 1. The molecule has 1 N–H and O–H groups in total. The van der Waals surface area contributed by atoms with E-state index in [2.05, 4.69) is 21.2 Å². The summed E-state index contributed by atoms with van der Waals surface area (Å²) in [5, 5.41) is 3.11. The van der Waals surface area contributed by atoms with Gasteiger partial charge in [-0.05, 0) is 48.4 Å². The summed E-state index contributed by atoms with van der Waals surface area (Å²) in [6.45, 7) is 1.70. The van der Waals surface area contributed by atoms with Crippen molar-refractivity contribution in [2.75, 3.05) is 30.8 Å². The molecule has 39 heavy (non-hydrogen) atoms. The zero-order valence-electron chi connectivity index (χ0n) is 21.9. The van der Waals surface area contributed by atoms with Crippen LogP contribution in [0.2, 0.25) is 5.02 Å². The highest BCUT2D eigenvalue weighted by Crippen LogP contribution is 2.33. The number of methoxy groups -OCH3 is 1. The number of benzene rings is 3. The van der Waals surface area contributed by atoms with E-state index in [0.29, 0.717) is 6.54 Å². The molecule has 1 atom stereocenters. The molecule has 3 rings (SSSR count). The third-order valence-electron chi connectivity index (χ3n) is 5.98. The molecule has 2 amide bonds. The first kappa shape index (κ1) is 30.5. The lowest BCUT2D eigenvalue weighted by Crippen LogP contribution is -2.53. The Kier molecular flexibility index (Phi) is 10.8. The molecular formula is C28H31BrClN3O5S. The average molecular weight is 637 g/mol. The topological polar surface area (TPSA) is 96.0 Å². The normalized spacial score (nSPS) is 11.9. The van der Waals surface area contributed by atoms with Crippen LogP contribution < -0.4 is 14.4 Å². The van der Waals surface area contributed by atoms with Gasteiger partial charge in [-0.3, -0.25) is 13.9 Å². The molecule has 0 aromatic heterocycles. The van der Waals surface area contributed by atoms with Gasteiger partial charge in [0.15, 0.2) is 0 Å². The summed E-state index contributed by atoms with van der Waals surface area (Å²) in [5.74, 6) is -0.655. The highest BCUT2D eigenvalue weighted by molar-refractivity contribution is 9.10. The van der Waals surface area contributed by atoms with Crippen LogP contribution in [-0.2, 0) is 32.6 Å². The maximum absolute atomic E-state index is 14.0. The highest BCUT2D eigenvalue weighted by Gasteiger charge is 2.33. The summed E-state index contributed by atoms with van der Waals surface area (Å²) in [5.41, 5.74) is 1.76. The van der Waals surface area contributed by atoms with Gasteiger partial charge in [0, 0.05) is 29.0 Å². The van der Waals surface area contributed by atoms with Crippen molar-refractivity contribution in [3.63, 3.8) is 0 Å². The molecule has 3 aromatic rings. The van der Waals surface area contributed by atoms with Crippen LogP contribution in [0, 0.1) is 0 Å². The molecule has 0 aliphatic carbocycles. The van der Waals surface area contributed by atoms with E-state index in [-0.39, 0.29) is 35.3 Å². The molecule has 11 heteroatoms. The molecule has 0 aliphatic rings. The van der Waals surface area contributed by atoms with Crippen LogP contribution in [-0.4, -0.2) is 57.6 Å². The number of hydrogen-bond acceptors (Lipinski definition) is 5. The standard InChI is InChI=1S/C28H31BrClN3O5S/c1-4-31-28(35)25(16-20-8-6-5-7-9-20)32(18-21-10-12-22(29)13-11-21)27(34)19-33(39(3,36)37)24-17-23(30)14-15-26(24)38-2/h5-15,17,25H,4,16,18-19H2,1-3H3,(H,31,35)/t25-/m0/s1. The Bertz CT molecular complexity index is 1390. The fourth-order valence-electron chi connectivity index (χ4n) is 4.09. The fraction of sp³-hybridized carbons (Fsp3) is 0.286. The smallest absolute Gasteiger partial charge is 0.244 e. The van der Waals surface area contributed by atoms with Crippen molar-refractivity contribution in [3.05, 3.63) is 93.4 Å². The summed E-state index contributed by atoms with van der Waals surface area (Å²) >= 11 is 9.59. The van der Waals surface area contributed by atoms with Gasteiger partial charge >= 0.3 is 0 Å². The number of ether oxygens (including phenoxy) is 1. The first-order valence-corrected chi connectivity index (χ1v) is 15.2. The van der Waals surface area contributed by atoms with Crippen molar-refractivity contribution in [3.8, 4) is 5.75 Å². The van der Waals surface area contributed by atoms with E-state index in [9.17, 15) is 18.0 Å². The van der Waals surface area contributed by atoms with Crippen LogP contribution in [0.3, 0.4) is 0 Å². The first-order valence-electron chi connectivity index (χ1n) is 12.2. The van der Waals surface area contributed by atoms with Crippen molar-refractivity contribution < 1.29 is 22.7 Å². The summed E-state index contributed by atoms with van der Waals surface area (Å²) in [6, 6.07) is 20.4. The van der Waals surface area contributed by atoms with Gasteiger partial charge in [0.25, 0.3) is 0 Å². The highest BCUT2D eigenvalue weighted by atomic mass is 79.9. The Labute approximate surface area is 243 Å².